The molecule has 0 aromatic carbocycles. The molecule has 0 saturated heterocycles. The van der Waals surface area contributed by atoms with E-state index >= 15 is 0 Å². The Balaban J connectivity index is 1.44. The summed E-state index contributed by atoms with van der Waals surface area (Å²) in [6.45, 7) is 0.598. The van der Waals surface area contributed by atoms with E-state index in [1.54, 1.807) is 46.6 Å². The summed E-state index contributed by atoms with van der Waals surface area (Å²) in [6, 6.07) is 12.5. The Morgan fingerprint density at radius 2 is 1.97 bits per heavy atom. The van der Waals surface area contributed by atoms with Gasteiger partial charge in [-0.1, -0.05) is 6.07 Å². The van der Waals surface area contributed by atoms with Crippen molar-refractivity contribution in [3.05, 3.63) is 88.2 Å². The first-order chi connectivity index (χ1) is 15.7. The average Bonchev–Trinajstić information content (AvgIpc) is 3.29. The SMILES string of the molecule is O=C(NC1CCCCn2c1nc(-c1ccncc1)cc2=O)c1ccc(-c2cccs2)nc1. The van der Waals surface area contributed by atoms with Gasteiger partial charge in [0.1, 0.15) is 5.82 Å². The highest BCUT2D eigenvalue weighted by Gasteiger charge is 2.24. The number of amides is 1. The molecule has 1 aliphatic heterocycles. The highest BCUT2D eigenvalue weighted by atomic mass is 32.1. The lowest BCUT2D eigenvalue weighted by atomic mass is 10.1. The van der Waals surface area contributed by atoms with Crippen molar-refractivity contribution in [3.63, 3.8) is 0 Å². The third-order valence-electron chi connectivity index (χ3n) is 5.55. The van der Waals surface area contributed by atoms with Gasteiger partial charge < -0.3 is 5.32 Å². The molecule has 0 aliphatic carbocycles. The molecule has 4 aromatic heterocycles. The van der Waals surface area contributed by atoms with Crippen LogP contribution in [0.4, 0.5) is 0 Å². The lowest BCUT2D eigenvalue weighted by molar-refractivity contribution is 0.0932. The molecular weight excluding hydrogens is 422 g/mol. The number of hydrogen-bond donors (Lipinski definition) is 1. The number of pyridine rings is 2. The second-order valence-corrected chi connectivity index (χ2v) is 8.60. The minimum absolute atomic E-state index is 0.107. The van der Waals surface area contributed by atoms with E-state index in [1.807, 2.05) is 35.7 Å². The Bertz CT molecular complexity index is 1280. The largest absolute Gasteiger partial charge is 0.342 e. The van der Waals surface area contributed by atoms with E-state index in [0.717, 1.165) is 35.4 Å². The molecular formula is C24H21N5O2S. The number of nitrogens with zero attached hydrogens (tertiary/aromatic N) is 4. The van der Waals surface area contributed by atoms with Crippen LogP contribution in [0.2, 0.25) is 0 Å². The normalized spacial score (nSPS) is 15.6. The van der Waals surface area contributed by atoms with E-state index in [0.29, 0.717) is 23.6 Å². The summed E-state index contributed by atoms with van der Waals surface area (Å²) in [6.07, 6.45) is 7.42. The fourth-order valence-corrected chi connectivity index (χ4v) is 4.61. The molecule has 0 radical (unpaired) electrons. The highest BCUT2D eigenvalue weighted by molar-refractivity contribution is 7.13. The quantitative estimate of drug-likeness (QED) is 0.513. The molecule has 32 heavy (non-hydrogen) atoms. The molecule has 8 heteroatoms. The van der Waals surface area contributed by atoms with Gasteiger partial charge >= 0.3 is 0 Å². The lowest BCUT2D eigenvalue weighted by Gasteiger charge is -2.20. The molecule has 5 rings (SSSR count). The van der Waals surface area contributed by atoms with Crippen LogP contribution in [0.3, 0.4) is 0 Å². The van der Waals surface area contributed by atoms with Gasteiger partial charge in [-0.05, 0) is 55.0 Å². The second-order valence-electron chi connectivity index (χ2n) is 7.66. The van der Waals surface area contributed by atoms with Crippen molar-refractivity contribution in [1.29, 1.82) is 0 Å². The van der Waals surface area contributed by atoms with Crippen LogP contribution in [0.25, 0.3) is 21.8 Å². The smallest absolute Gasteiger partial charge is 0.254 e. The van der Waals surface area contributed by atoms with Gasteiger partial charge in [-0.15, -0.1) is 11.3 Å². The summed E-state index contributed by atoms with van der Waals surface area (Å²) >= 11 is 1.61. The van der Waals surface area contributed by atoms with Crippen LogP contribution in [-0.4, -0.2) is 25.4 Å². The van der Waals surface area contributed by atoms with Crippen molar-refractivity contribution >= 4 is 17.2 Å². The lowest BCUT2D eigenvalue weighted by Crippen LogP contribution is -2.34. The fourth-order valence-electron chi connectivity index (χ4n) is 3.91. The third-order valence-corrected chi connectivity index (χ3v) is 6.45. The van der Waals surface area contributed by atoms with Crippen molar-refractivity contribution in [2.45, 2.75) is 31.8 Å². The van der Waals surface area contributed by atoms with E-state index in [2.05, 4.69) is 15.3 Å². The molecule has 5 heterocycles. The summed E-state index contributed by atoms with van der Waals surface area (Å²) in [5.41, 5.74) is 2.63. The van der Waals surface area contributed by atoms with Crippen LogP contribution >= 0.6 is 11.3 Å². The molecule has 0 bridgehead atoms. The number of thiophene rings is 1. The summed E-state index contributed by atoms with van der Waals surface area (Å²) in [7, 11) is 0. The van der Waals surface area contributed by atoms with Crippen molar-refractivity contribution in [2.24, 2.45) is 0 Å². The van der Waals surface area contributed by atoms with Crippen LogP contribution in [0.1, 0.15) is 41.5 Å². The predicted molar refractivity (Wildman–Crippen MR) is 123 cm³/mol. The Labute approximate surface area is 188 Å². The van der Waals surface area contributed by atoms with Crippen LogP contribution in [0, 0.1) is 0 Å². The number of hydrogen-bond acceptors (Lipinski definition) is 6. The Morgan fingerprint density at radius 1 is 1.09 bits per heavy atom. The minimum Gasteiger partial charge on any atom is -0.342 e. The zero-order valence-corrected chi connectivity index (χ0v) is 18.1. The zero-order valence-electron chi connectivity index (χ0n) is 17.3. The molecule has 160 valence electrons. The van der Waals surface area contributed by atoms with Gasteiger partial charge in [-0.2, -0.15) is 0 Å². The second kappa shape index (κ2) is 8.84. The molecule has 4 aromatic rings. The molecule has 1 aliphatic rings. The van der Waals surface area contributed by atoms with Crippen molar-refractivity contribution in [1.82, 2.24) is 24.8 Å². The number of carbonyl (C=O) groups excluding carboxylic acids is 1. The van der Waals surface area contributed by atoms with E-state index in [1.165, 1.54) is 0 Å². The minimum atomic E-state index is -0.351. The predicted octanol–water partition coefficient (Wildman–Crippen LogP) is 4.08. The first-order valence-electron chi connectivity index (χ1n) is 10.5. The number of carbonyl (C=O) groups is 1. The Kier molecular flexibility index (Phi) is 5.60. The van der Waals surface area contributed by atoms with Gasteiger partial charge in [0.2, 0.25) is 0 Å². The van der Waals surface area contributed by atoms with Gasteiger partial charge in [-0.3, -0.25) is 24.1 Å². The molecule has 7 nitrogen and oxygen atoms in total. The summed E-state index contributed by atoms with van der Waals surface area (Å²) < 4.78 is 1.68. The first kappa shape index (κ1) is 20.3. The van der Waals surface area contributed by atoms with Crippen molar-refractivity contribution in [3.8, 4) is 21.8 Å². The molecule has 0 saturated carbocycles. The zero-order chi connectivity index (χ0) is 21.9. The van der Waals surface area contributed by atoms with Crippen LogP contribution < -0.4 is 10.9 Å². The maximum atomic E-state index is 13.0. The van der Waals surface area contributed by atoms with Gasteiger partial charge in [-0.25, -0.2) is 4.98 Å². The summed E-state index contributed by atoms with van der Waals surface area (Å²) in [4.78, 5) is 40.2. The molecule has 1 N–H and O–H groups in total. The van der Waals surface area contributed by atoms with E-state index in [4.69, 9.17) is 4.98 Å². The van der Waals surface area contributed by atoms with E-state index in [9.17, 15) is 9.59 Å². The van der Waals surface area contributed by atoms with Gasteiger partial charge in [0.15, 0.2) is 0 Å². The van der Waals surface area contributed by atoms with Crippen molar-refractivity contribution in [2.75, 3.05) is 0 Å². The molecule has 0 fully saturated rings. The molecule has 1 amide bonds. The number of nitrogens with one attached hydrogen (secondary N) is 1. The maximum Gasteiger partial charge on any atom is 0.254 e. The van der Waals surface area contributed by atoms with Crippen LogP contribution in [0.5, 0.6) is 0 Å². The standard InChI is InChI=1S/C24H21N5O2S/c30-22-14-20(16-8-10-25-11-9-16)27-23-19(4-1-2-12-29(22)23)28-24(31)17-6-7-18(26-15-17)21-5-3-13-32-21/h3,5-11,13-15,19H,1-2,4,12H2,(H,28,31). The van der Waals surface area contributed by atoms with Crippen LogP contribution in [0.15, 0.2) is 71.2 Å². The summed E-state index contributed by atoms with van der Waals surface area (Å²) in [5.74, 6) is 0.371. The fraction of sp³-hybridized carbons (Fsp3) is 0.208. The number of fused-ring (bicyclic) bond motifs is 1. The Hall–Kier alpha value is -3.65. The van der Waals surface area contributed by atoms with Crippen molar-refractivity contribution < 1.29 is 4.79 Å². The number of rotatable bonds is 4. The highest BCUT2D eigenvalue weighted by Crippen LogP contribution is 2.25. The Morgan fingerprint density at radius 3 is 2.72 bits per heavy atom. The monoisotopic (exact) mass is 443 g/mol. The van der Waals surface area contributed by atoms with Gasteiger partial charge in [0, 0.05) is 36.8 Å². The summed E-state index contributed by atoms with van der Waals surface area (Å²) in [5, 5.41) is 5.08. The topological polar surface area (TPSA) is 89.8 Å². The first-order valence-corrected chi connectivity index (χ1v) is 11.4. The van der Waals surface area contributed by atoms with E-state index in [-0.39, 0.29) is 17.5 Å². The molecule has 1 unspecified atom stereocenters. The number of aromatic nitrogens is 4. The van der Waals surface area contributed by atoms with Crippen LogP contribution in [-0.2, 0) is 6.54 Å². The van der Waals surface area contributed by atoms with Gasteiger partial charge in [0.25, 0.3) is 11.5 Å². The van der Waals surface area contributed by atoms with Gasteiger partial charge in [0.05, 0.1) is 27.9 Å². The third kappa shape index (κ3) is 4.09. The maximum absolute atomic E-state index is 13.0. The molecule has 1 atom stereocenters. The molecule has 0 spiro atoms. The average molecular weight is 444 g/mol. The van der Waals surface area contributed by atoms with E-state index < -0.39 is 0 Å².